The van der Waals surface area contributed by atoms with Crippen LogP contribution in [0.1, 0.15) is 25.0 Å². The van der Waals surface area contributed by atoms with Crippen molar-refractivity contribution in [2.75, 3.05) is 0 Å². The quantitative estimate of drug-likeness (QED) is 0.515. The number of alkyl carbamates (subject to hydrolysis) is 1. The van der Waals surface area contributed by atoms with E-state index in [-0.39, 0.29) is 12.2 Å². The van der Waals surface area contributed by atoms with Gasteiger partial charge in [-0.15, -0.1) is 0 Å². The Hall–Kier alpha value is -3.80. The number of aromatic hydroxyl groups is 1. The van der Waals surface area contributed by atoms with Gasteiger partial charge in [0.1, 0.15) is 17.4 Å². The van der Waals surface area contributed by atoms with Crippen molar-refractivity contribution < 1.29 is 24.5 Å². The van der Waals surface area contributed by atoms with Crippen molar-refractivity contribution >= 4 is 12.1 Å². The molecule has 0 saturated carbocycles. The summed E-state index contributed by atoms with van der Waals surface area (Å²) < 4.78 is 5.55. The summed E-state index contributed by atoms with van der Waals surface area (Å²) in [6.07, 6.45) is -0.750. The van der Waals surface area contributed by atoms with Crippen LogP contribution in [0.15, 0.2) is 78.9 Å². The van der Waals surface area contributed by atoms with E-state index >= 15 is 0 Å². The second kappa shape index (κ2) is 9.34. The number of nitrogens with one attached hydrogen (secondary N) is 1. The molecular weight excluding hydrogens is 394 g/mol. The Labute approximate surface area is 181 Å². The van der Waals surface area contributed by atoms with Crippen LogP contribution in [-0.2, 0) is 21.6 Å². The molecule has 0 aliphatic carbocycles. The first kappa shape index (κ1) is 21.9. The lowest BCUT2D eigenvalue weighted by Gasteiger charge is -2.27. The highest BCUT2D eigenvalue weighted by atomic mass is 16.6. The molecule has 0 aliphatic heterocycles. The molecule has 3 N–H and O–H groups in total. The van der Waals surface area contributed by atoms with Crippen LogP contribution in [0.5, 0.6) is 5.75 Å². The average Bonchev–Trinajstić information content (AvgIpc) is 2.75. The fourth-order valence-electron chi connectivity index (χ4n) is 3.22. The van der Waals surface area contributed by atoms with E-state index in [1.165, 1.54) is 12.1 Å². The number of carboxylic acid groups (broad SMARTS) is 1. The molecule has 1 amide bonds. The molecule has 6 nitrogen and oxygen atoms in total. The summed E-state index contributed by atoms with van der Waals surface area (Å²) in [7, 11) is 0. The number of phenolic OH excluding ortho intramolecular Hbond substituents is 1. The fraction of sp³-hybridized carbons (Fsp3) is 0.200. The normalized spacial score (nSPS) is 12.1. The average molecular weight is 419 g/mol. The second-order valence-electron chi connectivity index (χ2n) is 7.75. The maximum Gasteiger partial charge on any atom is 0.408 e. The molecule has 6 heteroatoms. The zero-order chi connectivity index (χ0) is 22.4. The van der Waals surface area contributed by atoms with Gasteiger partial charge in [0, 0.05) is 6.42 Å². The van der Waals surface area contributed by atoms with Crippen LogP contribution in [0, 0.1) is 0 Å². The lowest BCUT2D eigenvalue weighted by atomic mass is 9.95. The largest absolute Gasteiger partial charge is 0.508 e. The van der Waals surface area contributed by atoms with Crippen LogP contribution in [0.3, 0.4) is 0 Å². The smallest absolute Gasteiger partial charge is 0.408 e. The number of benzene rings is 3. The highest BCUT2D eigenvalue weighted by Crippen LogP contribution is 2.28. The van der Waals surface area contributed by atoms with Gasteiger partial charge in [-0.3, -0.25) is 0 Å². The first-order chi connectivity index (χ1) is 14.7. The maximum absolute atomic E-state index is 12.4. The van der Waals surface area contributed by atoms with Crippen molar-refractivity contribution in [1.29, 1.82) is 0 Å². The third-order valence-electron chi connectivity index (χ3n) is 5.00. The molecule has 0 aliphatic rings. The Bertz CT molecular complexity index is 1030. The molecule has 0 aromatic heterocycles. The van der Waals surface area contributed by atoms with Crippen molar-refractivity contribution in [1.82, 2.24) is 5.32 Å². The molecule has 0 saturated heterocycles. The van der Waals surface area contributed by atoms with Crippen LogP contribution in [0.25, 0.3) is 11.1 Å². The standard InChI is InChI=1S/C25H25NO5/c1-25(2,20-12-10-19(11-13-20)18-6-4-3-5-7-18)31-24(30)26-22(23(28)29)16-17-8-14-21(27)15-9-17/h3-15,22,27H,16H2,1-2H3,(H,26,30)(H,28,29). The van der Waals surface area contributed by atoms with Crippen molar-refractivity contribution in [3.63, 3.8) is 0 Å². The van der Waals surface area contributed by atoms with Gasteiger partial charge in [-0.25, -0.2) is 9.59 Å². The number of aliphatic carboxylic acids is 1. The minimum atomic E-state index is -1.17. The Morgan fingerprint density at radius 1 is 0.903 bits per heavy atom. The van der Waals surface area contributed by atoms with Crippen molar-refractivity contribution in [2.24, 2.45) is 0 Å². The number of phenols is 1. The number of amides is 1. The molecule has 0 bridgehead atoms. The van der Waals surface area contributed by atoms with Gasteiger partial charge >= 0.3 is 12.1 Å². The minimum Gasteiger partial charge on any atom is -0.508 e. The van der Waals surface area contributed by atoms with Gasteiger partial charge in [0.2, 0.25) is 0 Å². The van der Waals surface area contributed by atoms with Gasteiger partial charge < -0.3 is 20.3 Å². The van der Waals surface area contributed by atoms with E-state index in [0.29, 0.717) is 5.56 Å². The van der Waals surface area contributed by atoms with E-state index < -0.39 is 23.7 Å². The maximum atomic E-state index is 12.4. The van der Waals surface area contributed by atoms with E-state index in [1.54, 1.807) is 26.0 Å². The molecule has 1 unspecified atom stereocenters. The number of carbonyl (C=O) groups is 2. The Balaban J connectivity index is 1.65. The van der Waals surface area contributed by atoms with Crippen LogP contribution in [-0.4, -0.2) is 28.3 Å². The van der Waals surface area contributed by atoms with Gasteiger partial charge in [-0.2, -0.15) is 0 Å². The van der Waals surface area contributed by atoms with E-state index in [4.69, 9.17) is 4.74 Å². The number of carboxylic acids is 1. The van der Waals surface area contributed by atoms with Gasteiger partial charge in [0.25, 0.3) is 0 Å². The van der Waals surface area contributed by atoms with E-state index in [9.17, 15) is 19.8 Å². The third kappa shape index (κ3) is 5.85. The van der Waals surface area contributed by atoms with E-state index in [0.717, 1.165) is 16.7 Å². The van der Waals surface area contributed by atoms with Crippen LogP contribution < -0.4 is 5.32 Å². The van der Waals surface area contributed by atoms with E-state index in [2.05, 4.69) is 5.32 Å². The molecule has 160 valence electrons. The van der Waals surface area contributed by atoms with Crippen LogP contribution in [0.4, 0.5) is 4.79 Å². The summed E-state index contributed by atoms with van der Waals surface area (Å²) >= 11 is 0. The van der Waals surface area contributed by atoms with E-state index in [1.807, 2.05) is 54.6 Å². The molecule has 0 radical (unpaired) electrons. The van der Waals surface area contributed by atoms with Crippen LogP contribution >= 0.6 is 0 Å². The van der Waals surface area contributed by atoms with Gasteiger partial charge in [-0.05, 0) is 48.2 Å². The summed E-state index contributed by atoms with van der Waals surface area (Å²) in [4.78, 5) is 24.0. The molecule has 0 fully saturated rings. The monoisotopic (exact) mass is 419 g/mol. The minimum absolute atomic E-state index is 0.0664. The molecule has 3 aromatic rings. The predicted octanol–water partition coefficient (Wildman–Crippen LogP) is 4.72. The van der Waals surface area contributed by atoms with Crippen LogP contribution in [0.2, 0.25) is 0 Å². The summed E-state index contributed by atoms with van der Waals surface area (Å²) in [5.74, 6) is -1.09. The Morgan fingerprint density at radius 2 is 1.48 bits per heavy atom. The van der Waals surface area contributed by atoms with Crippen molar-refractivity contribution in [2.45, 2.75) is 31.9 Å². The topological polar surface area (TPSA) is 95.9 Å². The van der Waals surface area contributed by atoms with Gasteiger partial charge in [0.05, 0.1) is 0 Å². The molecular formula is C25H25NO5. The summed E-state index contributed by atoms with van der Waals surface area (Å²) in [5.41, 5.74) is 2.63. The first-order valence-electron chi connectivity index (χ1n) is 9.91. The number of hydrogen-bond acceptors (Lipinski definition) is 4. The lowest BCUT2D eigenvalue weighted by molar-refractivity contribution is -0.139. The summed E-state index contributed by atoms with van der Waals surface area (Å²) in [6.45, 7) is 3.50. The van der Waals surface area contributed by atoms with Crippen molar-refractivity contribution in [3.8, 4) is 16.9 Å². The zero-order valence-electron chi connectivity index (χ0n) is 17.4. The highest BCUT2D eigenvalue weighted by molar-refractivity contribution is 5.80. The number of hydrogen-bond donors (Lipinski definition) is 3. The predicted molar refractivity (Wildman–Crippen MR) is 118 cm³/mol. The Morgan fingerprint density at radius 3 is 2.06 bits per heavy atom. The molecule has 3 rings (SSSR count). The fourth-order valence-corrected chi connectivity index (χ4v) is 3.22. The number of ether oxygens (including phenoxy) is 1. The number of rotatable bonds is 7. The molecule has 3 aromatic carbocycles. The zero-order valence-corrected chi connectivity index (χ0v) is 17.4. The first-order valence-corrected chi connectivity index (χ1v) is 9.91. The summed E-state index contributed by atoms with van der Waals surface area (Å²) in [5, 5.41) is 21.2. The Kier molecular flexibility index (Phi) is 6.60. The molecule has 0 heterocycles. The number of carbonyl (C=O) groups excluding carboxylic acids is 1. The summed E-state index contributed by atoms with van der Waals surface area (Å²) in [6, 6.07) is 22.6. The lowest BCUT2D eigenvalue weighted by Crippen LogP contribution is -2.44. The second-order valence-corrected chi connectivity index (χ2v) is 7.75. The van der Waals surface area contributed by atoms with Crippen molar-refractivity contribution in [3.05, 3.63) is 90.0 Å². The molecule has 1 atom stereocenters. The van der Waals surface area contributed by atoms with Gasteiger partial charge in [-0.1, -0.05) is 66.7 Å². The third-order valence-corrected chi connectivity index (χ3v) is 5.00. The molecule has 31 heavy (non-hydrogen) atoms. The highest BCUT2D eigenvalue weighted by Gasteiger charge is 2.28. The SMILES string of the molecule is CC(C)(OC(=O)NC(Cc1ccc(O)cc1)C(=O)O)c1ccc(-c2ccccc2)cc1. The van der Waals surface area contributed by atoms with Gasteiger partial charge in [0.15, 0.2) is 0 Å². The molecule has 0 spiro atoms.